The van der Waals surface area contributed by atoms with E-state index >= 15 is 4.79 Å². The molecule has 3 heterocycles. The standard InChI is InChI=1S/C47H71ClN2O11/c1-10-29-12-11-13-37(61-39-19-18-36(50(5)6)25(3)57-39)24(2)42(52)35-22-32-31-20-30(60-47-46(56-9)45(55-8)44(54-7)26(4)58-47)21-34(31)43(53)41(40(32)33(35)23-38(51)59-29)49-28-16-14-27(48)15-17-28/h14-17,22,24-26,29-34,36-37,39-41,43-47,49,53H,10-13,18-21,23H2,1-9H3/t24-,25?,26?,29+,30+,31+,32+,33-,34-,36+,37+,39+,40-,41-,43-,44+,45?,46?,47+/m1/s1. The number of nitrogens with one attached hydrogen (secondary N) is 1. The van der Waals surface area contributed by atoms with Crippen LogP contribution in [0.4, 0.5) is 5.69 Å². The number of Topliss-reactive ketones (excluding diaryl/α,β-unsaturated/α-hetero) is 1. The third kappa shape index (κ3) is 9.92. The first-order valence-corrected chi connectivity index (χ1v) is 23.2. The molecule has 2 saturated carbocycles. The van der Waals surface area contributed by atoms with Crippen LogP contribution in [-0.4, -0.2) is 137 Å². The van der Waals surface area contributed by atoms with Crippen LogP contribution < -0.4 is 5.32 Å². The topological polar surface area (TPSA) is 143 Å². The highest BCUT2D eigenvalue weighted by molar-refractivity contribution is 6.30. The first-order chi connectivity index (χ1) is 29.3. The predicted octanol–water partition coefficient (Wildman–Crippen LogP) is 6.43. The summed E-state index contributed by atoms with van der Waals surface area (Å²) in [5.74, 6) is -1.96. The Morgan fingerprint density at radius 3 is 2.23 bits per heavy atom. The van der Waals surface area contributed by atoms with Gasteiger partial charge < -0.3 is 53.2 Å². The quantitative estimate of drug-likeness (QED) is 0.236. The molecule has 19 atom stereocenters. The lowest BCUT2D eigenvalue weighted by Crippen LogP contribution is -2.59. The minimum Gasteiger partial charge on any atom is -0.462 e. The first kappa shape index (κ1) is 46.8. The van der Waals surface area contributed by atoms with E-state index in [0.29, 0.717) is 48.7 Å². The molecular formula is C47H71ClN2O11. The number of ketones is 1. The molecule has 2 N–H and O–H groups in total. The summed E-state index contributed by atoms with van der Waals surface area (Å²) in [6, 6.07) is 7.23. The van der Waals surface area contributed by atoms with Crippen LogP contribution >= 0.6 is 11.6 Å². The average Bonchev–Trinajstić information content (AvgIpc) is 3.82. The van der Waals surface area contributed by atoms with Crippen molar-refractivity contribution in [3.8, 4) is 0 Å². The lowest BCUT2D eigenvalue weighted by Gasteiger charge is -2.47. The van der Waals surface area contributed by atoms with Gasteiger partial charge in [0.15, 0.2) is 18.4 Å². The minimum absolute atomic E-state index is 0.0132. The molecule has 0 bridgehead atoms. The maximum Gasteiger partial charge on any atom is 0.306 e. The second-order valence-corrected chi connectivity index (χ2v) is 19.2. The molecule has 3 aliphatic carbocycles. The van der Waals surface area contributed by atoms with Gasteiger partial charge in [0.25, 0.3) is 0 Å². The predicted molar refractivity (Wildman–Crippen MR) is 230 cm³/mol. The van der Waals surface area contributed by atoms with Crippen LogP contribution in [0.5, 0.6) is 0 Å². The number of hydrogen-bond donors (Lipinski definition) is 2. The summed E-state index contributed by atoms with van der Waals surface area (Å²) in [7, 11) is 9.04. The number of ether oxygens (including phenoxy) is 8. The number of carbonyl (C=O) groups is 2. The van der Waals surface area contributed by atoms with E-state index in [0.717, 1.165) is 24.9 Å². The van der Waals surface area contributed by atoms with Gasteiger partial charge in [-0.2, -0.15) is 0 Å². The van der Waals surface area contributed by atoms with Crippen molar-refractivity contribution in [2.45, 2.75) is 165 Å². The Kier molecular flexibility index (Phi) is 15.6. The van der Waals surface area contributed by atoms with Gasteiger partial charge in [-0.3, -0.25) is 9.59 Å². The molecule has 14 heteroatoms. The molecule has 342 valence electrons. The molecule has 1 aromatic rings. The summed E-state index contributed by atoms with van der Waals surface area (Å²) in [6.07, 6.45) is 3.34. The number of cyclic esters (lactones) is 1. The van der Waals surface area contributed by atoms with Gasteiger partial charge in [0.2, 0.25) is 0 Å². The van der Waals surface area contributed by atoms with Crippen molar-refractivity contribution < 1.29 is 52.6 Å². The monoisotopic (exact) mass is 874 g/mol. The number of allylic oxidation sites excluding steroid dienone is 2. The molecule has 7 rings (SSSR count). The molecule has 1 aromatic carbocycles. The molecule has 3 aliphatic heterocycles. The molecule has 61 heavy (non-hydrogen) atoms. The van der Waals surface area contributed by atoms with E-state index in [-0.39, 0.29) is 78.5 Å². The molecule has 3 saturated heterocycles. The molecule has 0 aromatic heterocycles. The minimum atomic E-state index is -0.821. The summed E-state index contributed by atoms with van der Waals surface area (Å²) in [5.41, 5.74) is 1.42. The molecule has 6 aliphatic rings. The number of aliphatic hydroxyl groups is 1. The molecular weight excluding hydrogens is 804 g/mol. The number of esters is 1. The Balaban J connectivity index is 1.21. The first-order valence-electron chi connectivity index (χ1n) is 22.8. The fraction of sp³-hybridized carbons (Fsp3) is 0.787. The van der Waals surface area contributed by atoms with E-state index < -0.39 is 48.8 Å². The lowest BCUT2D eigenvalue weighted by molar-refractivity contribution is -0.314. The molecule has 5 fully saturated rings. The van der Waals surface area contributed by atoms with Crippen molar-refractivity contribution in [3.63, 3.8) is 0 Å². The number of benzene rings is 1. The van der Waals surface area contributed by atoms with Crippen LogP contribution in [0.2, 0.25) is 5.02 Å². The van der Waals surface area contributed by atoms with Crippen molar-refractivity contribution in [3.05, 3.63) is 40.9 Å². The Morgan fingerprint density at radius 1 is 0.869 bits per heavy atom. The third-order valence-electron chi connectivity index (χ3n) is 15.1. The fourth-order valence-electron chi connectivity index (χ4n) is 11.9. The number of aliphatic hydroxyl groups excluding tert-OH is 1. The van der Waals surface area contributed by atoms with Gasteiger partial charge in [-0.05, 0) is 133 Å². The van der Waals surface area contributed by atoms with E-state index in [9.17, 15) is 9.90 Å². The number of halogens is 1. The van der Waals surface area contributed by atoms with E-state index in [1.807, 2.05) is 45.0 Å². The van der Waals surface area contributed by atoms with Crippen molar-refractivity contribution in [1.29, 1.82) is 0 Å². The van der Waals surface area contributed by atoms with Crippen LogP contribution in [-0.2, 0) is 47.5 Å². The molecule has 0 spiro atoms. The van der Waals surface area contributed by atoms with Crippen molar-refractivity contribution in [2.75, 3.05) is 40.7 Å². The third-order valence-corrected chi connectivity index (χ3v) is 15.3. The van der Waals surface area contributed by atoms with Crippen molar-refractivity contribution in [2.24, 2.45) is 35.5 Å². The number of rotatable bonds is 11. The summed E-state index contributed by atoms with van der Waals surface area (Å²) in [4.78, 5) is 31.4. The SMILES string of the molecule is CC[C@H]1CCC[C@H](O[C@H]2CC[C@H](N(C)C)C(C)O2)[C@@H](C)C(=O)C2=C[C@H]3[C@@H]4C[C@H](O[C@@H]5OC(C)[C@H](OC)C(OC)C5OC)C[C@H]4[C@@H](O)[C@H](Nc4ccc(Cl)cc4)[C@H]3[C@@H]2CC(=O)O1. The number of hydrogen-bond acceptors (Lipinski definition) is 13. The van der Waals surface area contributed by atoms with E-state index in [1.54, 1.807) is 21.3 Å². The van der Waals surface area contributed by atoms with Gasteiger partial charge in [0, 0.05) is 49.9 Å². The number of carbonyl (C=O) groups excluding carboxylic acids is 2. The van der Waals surface area contributed by atoms with Crippen LogP contribution in [0.3, 0.4) is 0 Å². The van der Waals surface area contributed by atoms with Gasteiger partial charge in [-0.25, -0.2) is 0 Å². The summed E-state index contributed by atoms with van der Waals surface area (Å²) >= 11 is 6.31. The average molecular weight is 876 g/mol. The Labute approximate surface area is 367 Å². The van der Waals surface area contributed by atoms with Gasteiger partial charge in [0.05, 0.1) is 43.0 Å². The zero-order valence-electron chi connectivity index (χ0n) is 37.6. The smallest absolute Gasteiger partial charge is 0.306 e. The number of anilines is 1. The van der Waals surface area contributed by atoms with E-state index in [1.165, 1.54) is 0 Å². The maximum atomic E-state index is 15.2. The maximum absolute atomic E-state index is 15.2. The van der Waals surface area contributed by atoms with Gasteiger partial charge in [-0.15, -0.1) is 0 Å². The fourth-order valence-corrected chi connectivity index (χ4v) is 12.1. The van der Waals surface area contributed by atoms with Crippen LogP contribution in [0, 0.1) is 35.5 Å². The van der Waals surface area contributed by atoms with Crippen LogP contribution in [0.1, 0.15) is 85.5 Å². The Morgan fingerprint density at radius 2 is 1.57 bits per heavy atom. The highest BCUT2D eigenvalue weighted by Gasteiger charge is 2.60. The molecule has 13 nitrogen and oxygen atoms in total. The zero-order chi connectivity index (χ0) is 43.7. The normalized spacial score (nSPS) is 43.3. The van der Waals surface area contributed by atoms with Crippen molar-refractivity contribution in [1.82, 2.24) is 4.90 Å². The Bertz CT molecular complexity index is 1660. The number of fused-ring (bicyclic) bond motifs is 5. The van der Waals surface area contributed by atoms with Gasteiger partial charge in [0.1, 0.15) is 24.4 Å². The lowest BCUT2D eigenvalue weighted by atomic mass is 9.62. The second kappa shape index (κ2) is 20.3. The largest absolute Gasteiger partial charge is 0.462 e. The summed E-state index contributed by atoms with van der Waals surface area (Å²) < 4.78 is 50.1. The highest BCUT2D eigenvalue weighted by atomic mass is 35.5. The summed E-state index contributed by atoms with van der Waals surface area (Å²) in [6.45, 7) is 8.05. The zero-order valence-corrected chi connectivity index (χ0v) is 38.3. The van der Waals surface area contributed by atoms with Gasteiger partial charge >= 0.3 is 5.97 Å². The highest BCUT2D eigenvalue weighted by Crippen LogP contribution is 2.57. The Hall–Kier alpha value is -2.17. The van der Waals surface area contributed by atoms with E-state index in [4.69, 9.17) is 49.5 Å². The van der Waals surface area contributed by atoms with Crippen molar-refractivity contribution >= 4 is 29.0 Å². The summed E-state index contributed by atoms with van der Waals surface area (Å²) in [5, 5.41) is 16.9. The second-order valence-electron chi connectivity index (χ2n) is 18.8. The molecule has 0 amide bonds. The van der Waals surface area contributed by atoms with Gasteiger partial charge in [-0.1, -0.05) is 31.5 Å². The van der Waals surface area contributed by atoms with Crippen LogP contribution in [0.25, 0.3) is 0 Å². The van der Waals surface area contributed by atoms with Crippen LogP contribution in [0.15, 0.2) is 35.9 Å². The molecule has 4 unspecified atom stereocenters. The number of methoxy groups -OCH3 is 3. The van der Waals surface area contributed by atoms with E-state index in [2.05, 4.69) is 37.3 Å². The molecule has 0 radical (unpaired) electrons. The number of likely N-dealkylation sites (N-methyl/N-ethyl adjacent to an activating group) is 1. The number of nitrogens with zero attached hydrogens (tertiary/aromatic N) is 1.